The lowest BCUT2D eigenvalue weighted by atomic mass is 10.1. The second-order valence-electron chi connectivity index (χ2n) is 4.96. The van der Waals surface area contributed by atoms with Crippen LogP contribution in [0.3, 0.4) is 0 Å². The van der Waals surface area contributed by atoms with E-state index < -0.39 is 6.10 Å². The van der Waals surface area contributed by atoms with Crippen LogP contribution in [0.15, 0.2) is 24.3 Å². The summed E-state index contributed by atoms with van der Waals surface area (Å²) < 4.78 is 16.4. The lowest BCUT2D eigenvalue weighted by molar-refractivity contribution is -0.0659. The highest BCUT2D eigenvalue weighted by Gasteiger charge is 2.16. The van der Waals surface area contributed by atoms with E-state index in [9.17, 15) is 5.11 Å². The summed E-state index contributed by atoms with van der Waals surface area (Å²) in [6, 6.07) is 7.54. The molecule has 5 nitrogen and oxygen atoms in total. The molecule has 1 fully saturated rings. The second kappa shape index (κ2) is 8.21. The van der Waals surface area contributed by atoms with Gasteiger partial charge in [0.1, 0.15) is 18.5 Å². The Balaban J connectivity index is 1.64. The third-order valence-electron chi connectivity index (χ3n) is 3.29. The summed E-state index contributed by atoms with van der Waals surface area (Å²) in [6.07, 6.45) is 1.37. The van der Waals surface area contributed by atoms with Crippen molar-refractivity contribution in [2.75, 3.05) is 26.4 Å². The van der Waals surface area contributed by atoms with Gasteiger partial charge in [-0.3, -0.25) is 0 Å². The molecule has 1 atom stereocenters. The summed E-state index contributed by atoms with van der Waals surface area (Å²) in [7, 11) is 0. The fourth-order valence-corrected chi connectivity index (χ4v) is 2.05. The van der Waals surface area contributed by atoms with Crippen LogP contribution in [0, 0.1) is 0 Å². The molecule has 1 aromatic rings. The molecule has 0 saturated carbocycles. The Morgan fingerprint density at radius 3 is 2.55 bits per heavy atom. The van der Waals surface area contributed by atoms with Crippen molar-refractivity contribution < 1.29 is 19.3 Å². The van der Waals surface area contributed by atoms with E-state index in [2.05, 4.69) is 0 Å². The Morgan fingerprint density at radius 1 is 1.20 bits per heavy atom. The van der Waals surface area contributed by atoms with Gasteiger partial charge in [0.05, 0.1) is 12.7 Å². The van der Waals surface area contributed by atoms with Crippen LogP contribution >= 0.6 is 0 Å². The fraction of sp³-hybridized carbons (Fsp3) is 0.600. The zero-order valence-corrected chi connectivity index (χ0v) is 11.7. The van der Waals surface area contributed by atoms with E-state index in [1.165, 1.54) is 0 Å². The Kier molecular flexibility index (Phi) is 6.26. The van der Waals surface area contributed by atoms with Gasteiger partial charge in [0.25, 0.3) is 0 Å². The van der Waals surface area contributed by atoms with Gasteiger partial charge in [0.15, 0.2) is 0 Å². The molecule has 0 spiro atoms. The molecule has 0 aromatic heterocycles. The highest BCUT2D eigenvalue weighted by atomic mass is 16.5. The minimum atomic E-state index is -0.618. The molecule has 20 heavy (non-hydrogen) atoms. The molecular weight excluding hydrogens is 258 g/mol. The number of rotatable bonds is 7. The largest absolute Gasteiger partial charge is 0.491 e. The maximum Gasteiger partial charge on any atom is 0.119 e. The SMILES string of the molecule is NCc1ccc(OCC(O)COC2CCOCC2)cc1. The first kappa shape index (κ1) is 15.3. The van der Waals surface area contributed by atoms with E-state index in [0.29, 0.717) is 13.2 Å². The van der Waals surface area contributed by atoms with Crippen molar-refractivity contribution in [1.82, 2.24) is 0 Å². The van der Waals surface area contributed by atoms with Crippen LogP contribution < -0.4 is 10.5 Å². The van der Waals surface area contributed by atoms with Gasteiger partial charge in [0.2, 0.25) is 0 Å². The first-order valence-electron chi connectivity index (χ1n) is 7.07. The molecule has 1 aliphatic rings. The first-order chi connectivity index (χ1) is 9.78. The molecule has 0 bridgehead atoms. The van der Waals surface area contributed by atoms with Gasteiger partial charge >= 0.3 is 0 Å². The lowest BCUT2D eigenvalue weighted by Gasteiger charge is -2.23. The molecule has 0 radical (unpaired) electrons. The normalized spacial score (nSPS) is 17.9. The van der Waals surface area contributed by atoms with Gasteiger partial charge in [-0.2, -0.15) is 0 Å². The average molecular weight is 281 g/mol. The molecule has 112 valence electrons. The number of aliphatic hydroxyl groups is 1. The van der Waals surface area contributed by atoms with E-state index in [1.54, 1.807) is 0 Å². The van der Waals surface area contributed by atoms with Crippen molar-refractivity contribution in [2.24, 2.45) is 5.73 Å². The Hall–Kier alpha value is -1.14. The predicted molar refractivity (Wildman–Crippen MR) is 75.6 cm³/mol. The zero-order chi connectivity index (χ0) is 14.2. The van der Waals surface area contributed by atoms with Crippen LogP contribution in [0.1, 0.15) is 18.4 Å². The van der Waals surface area contributed by atoms with Crippen molar-refractivity contribution in [1.29, 1.82) is 0 Å². The summed E-state index contributed by atoms with van der Waals surface area (Å²) in [4.78, 5) is 0. The first-order valence-corrected chi connectivity index (χ1v) is 7.07. The van der Waals surface area contributed by atoms with Gasteiger partial charge in [0, 0.05) is 19.8 Å². The molecule has 2 rings (SSSR count). The summed E-state index contributed by atoms with van der Waals surface area (Å²) in [5.41, 5.74) is 6.58. The summed E-state index contributed by atoms with van der Waals surface area (Å²) >= 11 is 0. The summed E-state index contributed by atoms with van der Waals surface area (Å²) in [5, 5.41) is 9.84. The Labute approximate surface area is 119 Å². The second-order valence-corrected chi connectivity index (χ2v) is 4.96. The fourth-order valence-electron chi connectivity index (χ4n) is 2.05. The smallest absolute Gasteiger partial charge is 0.119 e. The van der Waals surface area contributed by atoms with E-state index in [0.717, 1.165) is 37.4 Å². The standard InChI is InChI=1S/C15H23NO4/c16-9-12-1-3-14(4-2-12)19-10-13(17)11-20-15-5-7-18-8-6-15/h1-4,13,15,17H,5-11,16H2. The molecule has 1 saturated heterocycles. The maximum atomic E-state index is 9.84. The number of hydrogen-bond acceptors (Lipinski definition) is 5. The van der Waals surface area contributed by atoms with Crippen LogP contribution in [0.2, 0.25) is 0 Å². The molecule has 3 N–H and O–H groups in total. The summed E-state index contributed by atoms with van der Waals surface area (Å²) in [6.45, 7) is 2.52. The molecule has 1 heterocycles. The third-order valence-corrected chi connectivity index (χ3v) is 3.29. The molecule has 0 aliphatic carbocycles. The topological polar surface area (TPSA) is 73.9 Å². The molecule has 1 aromatic carbocycles. The molecule has 5 heteroatoms. The number of nitrogens with two attached hydrogens (primary N) is 1. The van der Waals surface area contributed by atoms with Crippen LogP contribution in [0.4, 0.5) is 0 Å². The zero-order valence-electron chi connectivity index (χ0n) is 11.7. The number of hydrogen-bond donors (Lipinski definition) is 2. The van der Waals surface area contributed by atoms with Gasteiger partial charge in [-0.1, -0.05) is 12.1 Å². The highest BCUT2D eigenvalue weighted by Crippen LogP contribution is 2.13. The third kappa shape index (κ3) is 5.09. The van der Waals surface area contributed by atoms with Gasteiger partial charge in [-0.15, -0.1) is 0 Å². The minimum absolute atomic E-state index is 0.197. The lowest BCUT2D eigenvalue weighted by Crippen LogP contribution is -2.30. The molecule has 0 amide bonds. The quantitative estimate of drug-likeness (QED) is 0.782. The van der Waals surface area contributed by atoms with Gasteiger partial charge < -0.3 is 25.1 Å². The van der Waals surface area contributed by atoms with Crippen molar-refractivity contribution in [3.05, 3.63) is 29.8 Å². The van der Waals surface area contributed by atoms with Crippen LogP contribution in [-0.2, 0) is 16.0 Å². The van der Waals surface area contributed by atoms with Crippen molar-refractivity contribution >= 4 is 0 Å². The van der Waals surface area contributed by atoms with Crippen LogP contribution in [0.25, 0.3) is 0 Å². The summed E-state index contributed by atoms with van der Waals surface area (Å²) in [5.74, 6) is 0.729. The number of benzene rings is 1. The van der Waals surface area contributed by atoms with Crippen molar-refractivity contribution in [3.63, 3.8) is 0 Å². The highest BCUT2D eigenvalue weighted by molar-refractivity contribution is 5.27. The Morgan fingerprint density at radius 2 is 1.90 bits per heavy atom. The average Bonchev–Trinajstić information content (AvgIpc) is 2.52. The number of aliphatic hydroxyl groups excluding tert-OH is 1. The molecule has 1 unspecified atom stereocenters. The maximum absolute atomic E-state index is 9.84. The van der Waals surface area contributed by atoms with E-state index in [-0.39, 0.29) is 12.7 Å². The predicted octanol–water partition coefficient (Wildman–Crippen LogP) is 1.08. The molecular formula is C15H23NO4. The molecule has 1 aliphatic heterocycles. The minimum Gasteiger partial charge on any atom is -0.491 e. The van der Waals surface area contributed by atoms with Crippen LogP contribution in [0.5, 0.6) is 5.75 Å². The van der Waals surface area contributed by atoms with E-state index in [1.807, 2.05) is 24.3 Å². The monoisotopic (exact) mass is 281 g/mol. The van der Waals surface area contributed by atoms with Crippen molar-refractivity contribution in [2.45, 2.75) is 31.6 Å². The van der Waals surface area contributed by atoms with Gasteiger partial charge in [-0.25, -0.2) is 0 Å². The Bertz CT molecular complexity index is 376. The number of ether oxygens (including phenoxy) is 3. The van der Waals surface area contributed by atoms with Crippen LogP contribution in [-0.4, -0.2) is 43.7 Å². The van der Waals surface area contributed by atoms with Gasteiger partial charge in [-0.05, 0) is 30.5 Å². The van der Waals surface area contributed by atoms with Crippen molar-refractivity contribution in [3.8, 4) is 5.75 Å². The van der Waals surface area contributed by atoms with E-state index in [4.69, 9.17) is 19.9 Å². The van der Waals surface area contributed by atoms with E-state index >= 15 is 0 Å².